The summed E-state index contributed by atoms with van der Waals surface area (Å²) >= 11 is 13.7. The molecule has 5 heteroatoms. The van der Waals surface area contributed by atoms with Crippen molar-refractivity contribution < 1.29 is 4.74 Å². The monoisotopic (exact) mass is 313 g/mol. The molecule has 1 unspecified atom stereocenters. The molecule has 1 aliphatic rings. The van der Waals surface area contributed by atoms with Gasteiger partial charge in [-0.2, -0.15) is 0 Å². The van der Waals surface area contributed by atoms with Gasteiger partial charge in [-0.15, -0.1) is 11.3 Å². The van der Waals surface area contributed by atoms with Gasteiger partial charge in [0.2, 0.25) is 0 Å². The van der Waals surface area contributed by atoms with Gasteiger partial charge in [0.25, 0.3) is 0 Å². The van der Waals surface area contributed by atoms with E-state index >= 15 is 0 Å². The van der Waals surface area contributed by atoms with Crippen LogP contribution in [0.3, 0.4) is 0 Å². The first-order valence-electron chi connectivity index (χ1n) is 6.00. The first kappa shape index (κ1) is 13.3. The van der Waals surface area contributed by atoms with Gasteiger partial charge >= 0.3 is 0 Å². The normalized spacial score (nSPS) is 19.2. The van der Waals surface area contributed by atoms with Crippen LogP contribution in [0.1, 0.15) is 16.5 Å². The Morgan fingerprint density at radius 3 is 2.89 bits per heavy atom. The van der Waals surface area contributed by atoms with Crippen LogP contribution in [0.15, 0.2) is 29.6 Å². The third-order valence-corrected chi connectivity index (χ3v) is 4.85. The Hall–Kier alpha value is -0.740. The van der Waals surface area contributed by atoms with Crippen molar-refractivity contribution in [3.05, 3.63) is 50.1 Å². The summed E-state index contributed by atoms with van der Waals surface area (Å²) in [5.41, 5.74) is 1.29. The maximum atomic E-state index is 6.07. The molecule has 3 rings (SSSR count). The van der Waals surface area contributed by atoms with E-state index in [4.69, 9.17) is 27.9 Å². The van der Waals surface area contributed by atoms with Gasteiger partial charge in [-0.05, 0) is 30.6 Å². The highest BCUT2D eigenvalue weighted by molar-refractivity contribution is 7.10. The highest BCUT2D eigenvalue weighted by Crippen LogP contribution is 2.35. The summed E-state index contributed by atoms with van der Waals surface area (Å²) in [6, 6.07) is 7.54. The number of hydrogen-bond acceptors (Lipinski definition) is 3. The van der Waals surface area contributed by atoms with Gasteiger partial charge in [0.15, 0.2) is 0 Å². The molecule has 2 heterocycles. The molecule has 1 aromatic carbocycles. The Balaban J connectivity index is 1.86. The summed E-state index contributed by atoms with van der Waals surface area (Å²) in [5, 5.41) is 3.19. The Labute approximate surface area is 126 Å². The first-order valence-corrected chi connectivity index (χ1v) is 7.63. The van der Waals surface area contributed by atoms with E-state index in [1.165, 1.54) is 10.4 Å². The van der Waals surface area contributed by atoms with E-state index < -0.39 is 0 Å². The summed E-state index contributed by atoms with van der Waals surface area (Å²) in [6.45, 7) is 1.87. The SMILES string of the molecule is CN1Cc2sccc2C(Oc2ccc(Cl)c(Cl)c2)C1. The molecular weight excluding hydrogens is 301 g/mol. The molecule has 0 aliphatic carbocycles. The lowest BCUT2D eigenvalue weighted by atomic mass is 10.1. The van der Waals surface area contributed by atoms with Gasteiger partial charge in [0.05, 0.1) is 10.0 Å². The summed E-state index contributed by atoms with van der Waals surface area (Å²) in [6.07, 6.45) is 0.0530. The Morgan fingerprint density at radius 1 is 1.26 bits per heavy atom. The lowest BCUT2D eigenvalue weighted by Crippen LogP contribution is -2.31. The molecule has 0 radical (unpaired) electrons. The molecule has 100 valence electrons. The van der Waals surface area contributed by atoms with Crippen LogP contribution in [-0.2, 0) is 6.54 Å². The Kier molecular flexibility index (Phi) is 3.72. The minimum atomic E-state index is 0.0530. The number of halogens is 2. The van der Waals surface area contributed by atoms with Crippen LogP contribution >= 0.6 is 34.5 Å². The van der Waals surface area contributed by atoms with Crippen molar-refractivity contribution in [2.24, 2.45) is 0 Å². The van der Waals surface area contributed by atoms with E-state index in [9.17, 15) is 0 Å². The van der Waals surface area contributed by atoms with Crippen molar-refractivity contribution >= 4 is 34.5 Å². The predicted molar refractivity (Wildman–Crippen MR) is 80.5 cm³/mol. The van der Waals surface area contributed by atoms with E-state index in [2.05, 4.69) is 23.4 Å². The van der Waals surface area contributed by atoms with Crippen molar-refractivity contribution in [1.82, 2.24) is 4.90 Å². The van der Waals surface area contributed by atoms with Gasteiger partial charge in [-0.3, -0.25) is 4.90 Å². The Morgan fingerprint density at radius 2 is 2.11 bits per heavy atom. The van der Waals surface area contributed by atoms with Crippen molar-refractivity contribution in [2.75, 3.05) is 13.6 Å². The lowest BCUT2D eigenvalue weighted by molar-refractivity contribution is 0.131. The average molecular weight is 314 g/mol. The highest BCUT2D eigenvalue weighted by Gasteiger charge is 2.25. The van der Waals surface area contributed by atoms with Crippen LogP contribution in [0.4, 0.5) is 0 Å². The smallest absolute Gasteiger partial charge is 0.137 e. The quantitative estimate of drug-likeness (QED) is 0.802. The number of hydrogen-bond donors (Lipinski definition) is 0. The molecule has 0 bridgehead atoms. The zero-order chi connectivity index (χ0) is 13.4. The standard InChI is InChI=1S/C14H13Cl2NOS/c1-17-7-13(10-4-5-19-14(10)8-17)18-9-2-3-11(15)12(16)6-9/h2-6,13H,7-8H2,1H3. The number of nitrogens with zero attached hydrogens (tertiary/aromatic N) is 1. The summed E-state index contributed by atoms with van der Waals surface area (Å²) in [7, 11) is 2.11. The summed E-state index contributed by atoms with van der Waals surface area (Å²) in [4.78, 5) is 3.64. The number of likely N-dealkylation sites (N-methyl/N-ethyl adjacent to an activating group) is 1. The summed E-state index contributed by atoms with van der Waals surface area (Å²) < 4.78 is 6.07. The van der Waals surface area contributed by atoms with E-state index in [0.717, 1.165) is 18.8 Å². The van der Waals surface area contributed by atoms with Crippen molar-refractivity contribution in [1.29, 1.82) is 0 Å². The lowest BCUT2D eigenvalue weighted by Gasteiger charge is -2.30. The molecule has 2 nitrogen and oxygen atoms in total. The average Bonchev–Trinajstić information content (AvgIpc) is 2.82. The molecule has 0 fully saturated rings. The second-order valence-electron chi connectivity index (χ2n) is 4.68. The highest BCUT2D eigenvalue weighted by atomic mass is 35.5. The molecule has 19 heavy (non-hydrogen) atoms. The predicted octanol–water partition coefficient (Wildman–Crippen LogP) is 4.62. The van der Waals surface area contributed by atoms with E-state index in [1.54, 1.807) is 23.5 Å². The minimum absolute atomic E-state index is 0.0530. The topological polar surface area (TPSA) is 12.5 Å². The van der Waals surface area contributed by atoms with Crippen LogP contribution < -0.4 is 4.74 Å². The van der Waals surface area contributed by atoms with E-state index in [0.29, 0.717) is 10.0 Å². The van der Waals surface area contributed by atoms with Crippen LogP contribution in [0.2, 0.25) is 10.0 Å². The fourth-order valence-electron chi connectivity index (χ4n) is 2.27. The third-order valence-electron chi connectivity index (χ3n) is 3.19. The van der Waals surface area contributed by atoms with Crippen molar-refractivity contribution in [3.63, 3.8) is 0 Å². The maximum absolute atomic E-state index is 6.07. The largest absolute Gasteiger partial charge is 0.484 e. The number of rotatable bonds is 2. The molecule has 1 atom stereocenters. The molecule has 1 aliphatic heterocycles. The molecular formula is C14H13Cl2NOS. The second-order valence-corrected chi connectivity index (χ2v) is 6.49. The molecule has 0 saturated carbocycles. The van der Waals surface area contributed by atoms with E-state index in [1.807, 2.05) is 6.07 Å². The first-order chi connectivity index (χ1) is 9.13. The second kappa shape index (κ2) is 5.33. The van der Waals surface area contributed by atoms with Crippen LogP contribution in [-0.4, -0.2) is 18.5 Å². The number of thiophene rings is 1. The number of benzene rings is 1. The number of ether oxygens (including phenoxy) is 1. The number of fused-ring (bicyclic) bond motifs is 1. The van der Waals surface area contributed by atoms with Crippen LogP contribution in [0.5, 0.6) is 5.75 Å². The van der Waals surface area contributed by atoms with Gasteiger partial charge in [0, 0.05) is 29.6 Å². The fourth-order valence-corrected chi connectivity index (χ4v) is 3.57. The van der Waals surface area contributed by atoms with Crippen LogP contribution in [0, 0.1) is 0 Å². The molecule has 0 amide bonds. The Bertz CT molecular complexity index is 599. The zero-order valence-corrected chi connectivity index (χ0v) is 12.7. The van der Waals surface area contributed by atoms with Gasteiger partial charge in [-0.1, -0.05) is 23.2 Å². The van der Waals surface area contributed by atoms with Crippen molar-refractivity contribution in [2.45, 2.75) is 12.6 Å². The van der Waals surface area contributed by atoms with Gasteiger partial charge < -0.3 is 4.74 Å². The van der Waals surface area contributed by atoms with Crippen LogP contribution in [0.25, 0.3) is 0 Å². The maximum Gasteiger partial charge on any atom is 0.137 e. The molecule has 1 aromatic heterocycles. The zero-order valence-electron chi connectivity index (χ0n) is 10.4. The summed E-state index contributed by atoms with van der Waals surface area (Å²) in [5.74, 6) is 0.756. The molecule has 0 spiro atoms. The van der Waals surface area contributed by atoms with E-state index in [-0.39, 0.29) is 6.10 Å². The minimum Gasteiger partial charge on any atom is -0.484 e. The third kappa shape index (κ3) is 2.75. The van der Waals surface area contributed by atoms with Crippen molar-refractivity contribution in [3.8, 4) is 5.75 Å². The molecule has 2 aromatic rings. The molecule has 0 N–H and O–H groups in total. The fraction of sp³-hybridized carbons (Fsp3) is 0.286. The molecule has 0 saturated heterocycles. The van der Waals surface area contributed by atoms with Gasteiger partial charge in [0.1, 0.15) is 11.9 Å². The van der Waals surface area contributed by atoms with Gasteiger partial charge in [-0.25, -0.2) is 0 Å².